The first kappa shape index (κ1) is 13.7. The quantitative estimate of drug-likeness (QED) is 0.750. The number of anilines is 1. The van der Waals surface area contributed by atoms with Crippen molar-refractivity contribution in [3.8, 4) is 0 Å². The van der Waals surface area contributed by atoms with Crippen LogP contribution >= 0.6 is 0 Å². The molecule has 0 radical (unpaired) electrons. The molecule has 7 heteroatoms. The van der Waals surface area contributed by atoms with Gasteiger partial charge in [0.25, 0.3) is 5.91 Å². The average Bonchev–Trinajstić information content (AvgIpc) is 2.70. The SMILES string of the molecule is CCn1cc(N)c(C(=O)NCCS(=O)CC)n1. The highest BCUT2D eigenvalue weighted by atomic mass is 32.2. The first-order chi connectivity index (χ1) is 8.08. The van der Waals surface area contributed by atoms with Gasteiger partial charge in [0.15, 0.2) is 5.69 Å². The monoisotopic (exact) mass is 258 g/mol. The number of nitrogens with one attached hydrogen (secondary N) is 1. The smallest absolute Gasteiger partial charge is 0.273 e. The second kappa shape index (κ2) is 6.39. The third kappa shape index (κ3) is 3.85. The van der Waals surface area contributed by atoms with Crippen molar-refractivity contribution < 1.29 is 9.00 Å². The summed E-state index contributed by atoms with van der Waals surface area (Å²) in [5.74, 6) is 0.738. The fourth-order valence-corrected chi connectivity index (χ4v) is 1.90. The molecule has 1 amide bonds. The van der Waals surface area contributed by atoms with E-state index < -0.39 is 10.8 Å². The Kier molecular flexibility index (Phi) is 5.14. The Hall–Kier alpha value is -1.37. The highest BCUT2D eigenvalue weighted by molar-refractivity contribution is 7.84. The second-order valence-electron chi connectivity index (χ2n) is 3.48. The molecule has 0 spiro atoms. The van der Waals surface area contributed by atoms with E-state index in [4.69, 9.17) is 5.73 Å². The number of amides is 1. The van der Waals surface area contributed by atoms with Gasteiger partial charge in [-0.15, -0.1) is 0 Å². The Labute approximate surface area is 103 Å². The maximum absolute atomic E-state index is 11.7. The number of nitrogen functional groups attached to an aromatic ring is 1. The fraction of sp³-hybridized carbons (Fsp3) is 0.600. The summed E-state index contributed by atoms with van der Waals surface area (Å²) in [6.45, 7) is 4.80. The molecule has 0 aliphatic carbocycles. The van der Waals surface area contributed by atoms with E-state index in [1.165, 1.54) is 0 Å². The van der Waals surface area contributed by atoms with Gasteiger partial charge in [0, 0.05) is 41.6 Å². The van der Waals surface area contributed by atoms with Gasteiger partial charge in [0.1, 0.15) is 0 Å². The van der Waals surface area contributed by atoms with Crippen molar-refractivity contribution in [2.75, 3.05) is 23.8 Å². The fourth-order valence-electron chi connectivity index (χ4n) is 1.28. The van der Waals surface area contributed by atoms with Crippen molar-refractivity contribution in [2.24, 2.45) is 0 Å². The van der Waals surface area contributed by atoms with Crippen LogP contribution in [0.25, 0.3) is 0 Å². The van der Waals surface area contributed by atoms with Crippen molar-refractivity contribution in [2.45, 2.75) is 20.4 Å². The van der Waals surface area contributed by atoms with E-state index in [0.717, 1.165) is 0 Å². The Morgan fingerprint density at radius 2 is 2.29 bits per heavy atom. The van der Waals surface area contributed by atoms with E-state index in [2.05, 4.69) is 10.4 Å². The molecule has 0 aliphatic rings. The zero-order chi connectivity index (χ0) is 12.8. The third-order valence-corrected chi connectivity index (χ3v) is 3.57. The van der Waals surface area contributed by atoms with Crippen LogP contribution in [-0.4, -0.2) is 37.9 Å². The first-order valence-electron chi connectivity index (χ1n) is 5.54. The molecule has 1 rings (SSSR count). The van der Waals surface area contributed by atoms with Gasteiger partial charge in [0.05, 0.1) is 5.69 Å². The molecular formula is C10H18N4O2S. The first-order valence-corrected chi connectivity index (χ1v) is 7.03. The van der Waals surface area contributed by atoms with Crippen molar-refractivity contribution in [3.05, 3.63) is 11.9 Å². The zero-order valence-corrected chi connectivity index (χ0v) is 10.9. The molecule has 0 aliphatic heterocycles. The van der Waals surface area contributed by atoms with Gasteiger partial charge >= 0.3 is 0 Å². The summed E-state index contributed by atoms with van der Waals surface area (Å²) in [6, 6.07) is 0. The topological polar surface area (TPSA) is 90.0 Å². The summed E-state index contributed by atoms with van der Waals surface area (Å²) < 4.78 is 12.8. The van der Waals surface area contributed by atoms with E-state index in [1.54, 1.807) is 10.9 Å². The number of nitrogens with zero attached hydrogens (tertiary/aromatic N) is 2. The lowest BCUT2D eigenvalue weighted by molar-refractivity contribution is 0.0951. The number of carbonyl (C=O) groups is 1. The molecular weight excluding hydrogens is 240 g/mol. The number of nitrogens with two attached hydrogens (primary N) is 1. The van der Waals surface area contributed by atoms with Crippen molar-refractivity contribution >= 4 is 22.4 Å². The molecule has 1 atom stereocenters. The predicted molar refractivity (Wildman–Crippen MR) is 68.2 cm³/mol. The van der Waals surface area contributed by atoms with E-state index in [1.807, 2.05) is 13.8 Å². The van der Waals surface area contributed by atoms with E-state index in [-0.39, 0.29) is 11.6 Å². The maximum atomic E-state index is 11.7. The summed E-state index contributed by atoms with van der Waals surface area (Å²) in [7, 11) is -0.873. The Balaban J connectivity index is 2.52. The summed E-state index contributed by atoms with van der Waals surface area (Å²) in [5, 5.41) is 6.70. The van der Waals surface area contributed by atoms with E-state index >= 15 is 0 Å². The summed E-state index contributed by atoms with van der Waals surface area (Å²) in [4.78, 5) is 11.7. The minimum Gasteiger partial charge on any atom is -0.396 e. The van der Waals surface area contributed by atoms with Crippen molar-refractivity contribution in [3.63, 3.8) is 0 Å². The van der Waals surface area contributed by atoms with Gasteiger partial charge in [0.2, 0.25) is 0 Å². The van der Waals surface area contributed by atoms with E-state index in [9.17, 15) is 9.00 Å². The van der Waals surface area contributed by atoms with Crippen LogP contribution in [0.2, 0.25) is 0 Å². The van der Waals surface area contributed by atoms with E-state index in [0.29, 0.717) is 30.3 Å². The second-order valence-corrected chi connectivity index (χ2v) is 5.34. The molecule has 0 bridgehead atoms. The maximum Gasteiger partial charge on any atom is 0.273 e. The number of carbonyl (C=O) groups excluding carboxylic acids is 1. The lowest BCUT2D eigenvalue weighted by Gasteiger charge is -2.02. The van der Waals surface area contributed by atoms with Crippen LogP contribution in [-0.2, 0) is 17.3 Å². The molecule has 1 aromatic rings. The van der Waals surface area contributed by atoms with Crippen LogP contribution in [0.15, 0.2) is 6.20 Å². The average molecular weight is 258 g/mol. The van der Waals surface area contributed by atoms with Gasteiger partial charge < -0.3 is 11.1 Å². The molecule has 0 aromatic carbocycles. The predicted octanol–water partition coefficient (Wildman–Crippen LogP) is -0.0164. The Morgan fingerprint density at radius 3 is 2.82 bits per heavy atom. The van der Waals surface area contributed by atoms with Gasteiger partial charge in [-0.3, -0.25) is 13.7 Å². The lowest BCUT2D eigenvalue weighted by atomic mass is 10.3. The van der Waals surface area contributed by atoms with Gasteiger partial charge in [-0.05, 0) is 6.92 Å². The number of aryl methyl sites for hydroxylation is 1. The van der Waals surface area contributed by atoms with Crippen LogP contribution < -0.4 is 11.1 Å². The third-order valence-electron chi connectivity index (χ3n) is 2.27. The molecule has 96 valence electrons. The lowest BCUT2D eigenvalue weighted by Crippen LogP contribution is -2.29. The molecule has 6 nitrogen and oxygen atoms in total. The van der Waals surface area contributed by atoms with Crippen LogP contribution in [0.5, 0.6) is 0 Å². The van der Waals surface area contributed by atoms with Crippen molar-refractivity contribution in [1.29, 1.82) is 0 Å². The number of hydrogen-bond acceptors (Lipinski definition) is 4. The minimum atomic E-state index is -0.873. The molecule has 0 saturated heterocycles. The Morgan fingerprint density at radius 1 is 1.59 bits per heavy atom. The van der Waals surface area contributed by atoms with Gasteiger partial charge in [-0.1, -0.05) is 6.92 Å². The molecule has 17 heavy (non-hydrogen) atoms. The Bertz CT molecular complexity index is 416. The van der Waals surface area contributed by atoms with Crippen LogP contribution in [0, 0.1) is 0 Å². The van der Waals surface area contributed by atoms with Crippen LogP contribution in [0.1, 0.15) is 24.3 Å². The molecule has 1 heterocycles. The number of rotatable bonds is 6. The number of hydrogen-bond donors (Lipinski definition) is 2. The normalized spacial score (nSPS) is 12.4. The highest BCUT2D eigenvalue weighted by Crippen LogP contribution is 2.08. The van der Waals surface area contributed by atoms with Crippen molar-refractivity contribution in [1.82, 2.24) is 15.1 Å². The summed E-state index contributed by atoms with van der Waals surface area (Å²) >= 11 is 0. The molecule has 0 saturated carbocycles. The van der Waals surface area contributed by atoms with Crippen LogP contribution in [0.3, 0.4) is 0 Å². The minimum absolute atomic E-state index is 0.231. The highest BCUT2D eigenvalue weighted by Gasteiger charge is 2.13. The standard InChI is InChI=1S/C10H18N4O2S/c1-3-14-7-8(11)9(13-14)10(15)12-5-6-17(16)4-2/h7H,3-6,11H2,1-2H3,(H,12,15). The van der Waals surface area contributed by atoms with Gasteiger partial charge in [-0.2, -0.15) is 5.10 Å². The zero-order valence-electron chi connectivity index (χ0n) is 10.1. The largest absolute Gasteiger partial charge is 0.396 e. The summed E-state index contributed by atoms with van der Waals surface area (Å²) in [6.07, 6.45) is 1.62. The molecule has 3 N–H and O–H groups in total. The molecule has 0 fully saturated rings. The number of aromatic nitrogens is 2. The summed E-state index contributed by atoms with van der Waals surface area (Å²) in [5.41, 5.74) is 6.26. The molecule has 1 aromatic heterocycles. The molecule has 1 unspecified atom stereocenters. The van der Waals surface area contributed by atoms with Crippen LogP contribution in [0.4, 0.5) is 5.69 Å². The van der Waals surface area contributed by atoms with Gasteiger partial charge in [-0.25, -0.2) is 0 Å².